The lowest BCUT2D eigenvalue weighted by atomic mass is 10.3. The first-order chi connectivity index (χ1) is 7.39. The van der Waals surface area contributed by atoms with Crippen molar-refractivity contribution in [3.63, 3.8) is 0 Å². The highest BCUT2D eigenvalue weighted by Gasteiger charge is 2.21. The van der Waals surface area contributed by atoms with Gasteiger partial charge in [0.1, 0.15) is 5.52 Å². The van der Waals surface area contributed by atoms with Gasteiger partial charge in [-0.25, -0.2) is 0 Å². The van der Waals surface area contributed by atoms with E-state index < -0.39 is 13.2 Å². The van der Waals surface area contributed by atoms with Crippen LogP contribution in [0.15, 0.2) is 18.2 Å². The fourth-order valence-electron chi connectivity index (χ4n) is 1.52. The minimum Gasteiger partial charge on any atom is -0.275 e. The lowest BCUT2D eigenvalue weighted by Crippen LogP contribution is -2.33. The Morgan fingerprint density at radius 2 is 2.06 bits per heavy atom. The van der Waals surface area contributed by atoms with Crippen LogP contribution in [0.5, 0.6) is 0 Å². The van der Waals surface area contributed by atoms with Gasteiger partial charge < -0.3 is 0 Å². The molecule has 0 bridgehead atoms. The molecule has 0 radical (unpaired) electrons. The average molecular weight is 236 g/mol. The molecule has 0 fully saturated rings. The molecule has 0 amide bonds. The van der Waals surface area contributed by atoms with Crippen molar-refractivity contribution in [1.82, 2.24) is 14.7 Å². The highest BCUT2D eigenvalue weighted by Crippen LogP contribution is 2.20. The van der Waals surface area contributed by atoms with E-state index >= 15 is 0 Å². The molecule has 1 aromatic carbocycles. The number of nitro benzene ring substituents is 1. The molecule has 1 heterocycles. The van der Waals surface area contributed by atoms with Gasteiger partial charge >= 0.3 is 0 Å². The Kier molecular flexibility index (Phi) is 2.27. The number of hydrogen-bond acceptors (Lipinski definition) is 4. The molecule has 0 aliphatic carbocycles. The van der Waals surface area contributed by atoms with Gasteiger partial charge in [-0.2, -0.15) is 0 Å². The van der Waals surface area contributed by atoms with Gasteiger partial charge in [0.15, 0.2) is 8.24 Å². The molecule has 7 heteroatoms. The predicted octanol–water partition coefficient (Wildman–Crippen LogP) is 2.02. The van der Waals surface area contributed by atoms with Crippen molar-refractivity contribution in [3.05, 3.63) is 28.3 Å². The van der Waals surface area contributed by atoms with Crippen LogP contribution >= 0.6 is 0 Å². The maximum atomic E-state index is 10.6. The number of nitrogens with zero attached hydrogens (tertiary/aromatic N) is 4. The third kappa shape index (κ3) is 1.69. The monoisotopic (exact) mass is 236 g/mol. The van der Waals surface area contributed by atoms with Crippen molar-refractivity contribution in [2.75, 3.05) is 0 Å². The Labute approximate surface area is 93.1 Å². The Balaban J connectivity index is 2.64. The number of aromatic nitrogens is 3. The van der Waals surface area contributed by atoms with Crippen LogP contribution in [0.3, 0.4) is 0 Å². The van der Waals surface area contributed by atoms with Crippen molar-refractivity contribution < 1.29 is 4.92 Å². The van der Waals surface area contributed by atoms with Gasteiger partial charge in [-0.05, 0) is 25.7 Å². The molecule has 1 aromatic heterocycles. The third-order valence-corrected chi connectivity index (χ3v) is 3.88. The fraction of sp³-hybridized carbons (Fsp3) is 0.333. The second kappa shape index (κ2) is 3.37. The summed E-state index contributed by atoms with van der Waals surface area (Å²) in [5, 5.41) is 18.7. The molecule has 0 spiro atoms. The summed E-state index contributed by atoms with van der Waals surface area (Å²) in [4.78, 5) is 10.2. The van der Waals surface area contributed by atoms with E-state index in [1.165, 1.54) is 12.1 Å². The summed E-state index contributed by atoms with van der Waals surface area (Å²) >= 11 is 0. The first-order valence-corrected chi connectivity index (χ1v) is 8.34. The minimum absolute atomic E-state index is 0.0510. The van der Waals surface area contributed by atoms with Crippen LogP contribution in [-0.4, -0.2) is 27.8 Å². The summed E-state index contributed by atoms with van der Waals surface area (Å²) in [5.41, 5.74) is 1.50. The van der Waals surface area contributed by atoms with Crippen LogP contribution in [0.2, 0.25) is 19.6 Å². The topological polar surface area (TPSA) is 73.8 Å². The normalized spacial score (nSPS) is 11.9. The zero-order valence-electron chi connectivity index (χ0n) is 9.34. The van der Waals surface area contributed by atoms with Gasteiger partial charge in [0, 0.05) is 12.1 Å². The van der Waals surface area contributed by atoms with E-state index in [1.807, 2.05) is 4.35 Å². The van der Waals surface area contributed by atoms with Crippen LogP contribution in [-0.2, 0) is 0 Å². The summed E-state index contributed by atoms with van der Waals surface area (Å²) in [6, 6.07) is 4.66. The molecule has 0 aliphatic heterocycles. The fourth-order valence-corrected chi connectivity index (χ4v) is 2.75. The average Bonchev–Trinajstić information content (AvgIpc) is 2.58. The van der Waals surface area contributed by atoms with E-state index in [0.717, 1.165) is 5.52 Å². The van der Waals surface area contributed by atoms with E-state index in [4.69, 9.17) is 0 Å². The first-order valence-electron chi connectivity index (χ1n) is 4.90. The number of rotatable bonds is 2. The summed E-state index contributed by atoms with van der Waals surface area (Å²) in [6.07, 6.45) is 0. The lowest BCUT2D eigenvalue weighted by Gasteiger charge is -2.16. The van der Waals surface area contributed by atoms with Gasteiger partial charge in [-0.1, -0.05) is 5.21 Å². The van der Waals surface area contributed by atoms with Crippen molar-refractivity contribution in [1.29, 1.82) is 0 Å². The second-order valence-corrected chi connectivity index (χ2v) is 9.37. The number of fused-ring (bicyclic) bond motifs is 1. The molecule has 0 atom stereocenters. The van der Waals surface area contributed by atoms with E-state index in [-0.39, 0.29) is 5.69 Å². The molecular weight excluding hydrogens is 224 g/mol. The van der Waals surface area contributed by atoms with E-state index in [9.17, 15) is 10.1 Å². The zero-order chi connectivity index (χ0) is 11.9. The zero-order valence-corrected chi connectivity index (χ0v) is 10.3. The SMILES string of the molecule is C[Si](C)(C)n1nnc2cc([N+](=O)[O-])ccc21. The number of non-ortho nitro benzene ring substituents is 1. The lowest BCUT2D eigenvalue weighted by molar-refractivity contribution is -0.384. The molecular formula is C9H12N4O2Si. The van der Waals surface area contributed by atoms with Crippen LogP contribution in [0.1, 0.15) is 0 Å². The number of hydrogen-bond donors (Lipinski definition) is 0. The van der Waals surface area contributed by atoms with Gasteiger partial charge in [0.05, 0.1) is 10.4 Å². The molecule has 0 unspecified atom stereocenters. The Morgan fingerprint density at radius 1 is 1.38 bits per heavy atom. The summed E-state index contributed by atoms with van der Waals surface area (Å²) < 4.78 is 1.89. The second-order valence-electron chi connectivity index (χ2n) is 4.60. The van der Waals surface area contributed by atoms with E-state index in [1.54, 1.807) is 6.07 Å². The first kappa shape index (κ1) is 10.7. The standard InChI is InChI=1S/C9H12N4O2Si/c1-16(2,3)12-9-5-4-7(13(14)15)6-8(9)10-11-12/h4-6H,1-3H3. The predicted molar refractivity (Wildman–Crippen MR) is 62.9 cm³/mol. The molecule has 0 aliphatic rings. The number of nitro groups is 1. The van der Waals surface area contributed by atoms with Crippen LogP contribution in [0, 0.1) is 10.1 Å². The Morgan fingerprint density at radius 3 is 2.62 bits per heavy atom. The highest BCUT2D eigenvalue weighted by molar-refractivity contribution is 6.74. The molecule has 0 saturated heterocycles. The maximum Gasteiger partial charge on any atom is 0.271 e. The van der Waals surface area contributed by atoms with Crippen LogP contribution < -0.4 is 0 Å². The number of benzene rings is 1. The van der Waals surface area contributed by atoms with E-state index in [2.05, 4.69) is 30.0 Å². The molecule has 0 N–H and O–H groups in total. The Bertz CT molecular complexity index is 558. The quantitative estimate of drug-likeness (QED) is 0.454. The molecule has 2 rings (SSSR count). The van der Waals surface area contributed by atoms with Crippen molar-refractivity contribution in [2.45, 2.75) is 19.6 Å². The van der Waals surface area contributed by atoms with Crippen molar-refractivity contribution in [2.24, 2.45) is 0 Å². The van der Waals surface area contributed by atoms with Crippen molar-refractivity contribution in [3.8, 4) is 0 Å². The van der Waals surface area contributed by atoms with Crippen molar-refractivity contribution >= 4 is 25.0 Å². The smallest absolute Gasteiger partial charge is 0.271 e. The minimum atomic E-state index is -1.62. The molecule has 16 heavy (non-hydrogen) atoms. The highest BCUT2D eigenvalue weighted by atomic mass is 28.3. The van der Waals surface area contributed by atoms with Gasteiger partial charge in [0.2, 0.25) is 0 Å². The molecule has 0 saturated carbocycles. The largest absolute Gasteiger partial charge is 0.275 e. The van der Waals surface area contributed by atoms with Crippen LogP contribution in [0.25, 0.3) is 11.0 Å². The third-order valence-electron chi connectivity index (χ3n) is 2.28. The van der Waals surface area contributed by atoms with Gasteiger partial charge in [0.25, 0.3) is 5.69 Å². The molecule has 84 valence electrons. The molecule has 6 nitrogen and oxygen atoms in total. The maximum absolute atomic E-state index is 10.6. The summed E-state index contributed by atoms with van der Waals surface area (Å²) in [5.74, 6) is 0. The van der Waals surface area contributed by atoms with Crippen LogP contribution in [0.4, 0.5) is 5.69 Å². The Hall–Kier alpha value is -1.76. The summed E-state index contributed by atoms with van der Waals surface area (Å²) in [6.45, 7) is 6.42. The van der Waals surface area contributed by atoms with Gasteiger partial charge in [-0.3, -0.25) is 14.5 Å². The van der Waals surface area contributed by atoms with E-state index in [0.29, 0.717) is 5.52 Å². The van der Waals surface area contributed by atoms with Gasteiger partial charge in [-0.15, -0.1) is 5.10 Å². The molecule has 2 aromatic rings. The summed E-state index contributed by atoms with van der Waals surface area (Å²) in [7, 11) is -1.62.